The lowest BCUT2D eigenvalue weighted by Crippen LogP contribution is -1.99. The van der Waals surface area contributed by atoms with Gasteiger partial charge in [0.15, 0.2) is 0 Å². The van der Waals surface area contributed by atoms with Gasteiger partial charge < -0.3 is 14.8 Å². The molecule has 0 aliphatic heterocycles. The molecular formula is C13H18N2O2. The van der Waals surface area contributed by atoms with E-state index in [0.717, 1.165) is 35.4 Å². The topological polar surface area (TPSA) is 58.1 Å². The summed E-state index contributed by atoms with van der Waals surface area (Å²) in [6, 6.07) is 5.83. The smallest absolute Gasteiger partial charge is 0.121 e. The van der Waals surface area contributed by atoms with Crippen molar-refractivity contribution in [1.29, 1.82) is 0 Å². The molecular weight excluding hydrogens is 216 g/mol. The van der Waals surface area contributed by atoms with Gasteiger partial charge in [-0.1, -0.05) is 6.92 Å². The molecule has 2 aromatic rings. The third-order valence-electron chi connectivity index (χ3n) is 2.56. The Hall–Kier alpha value is -1.55. The molecule has 0 radical (unpaired) electrons. The number of nitrogens with one attached hydrogen (secondary N) is 1. The molecule has 0 amide bonds. The zero-order chi connectivity index (χ0) is 12.1. The second kappa shape index (κ2) is 5.68. The van der Waals surface area contributed by atoms with E-state index >= 15 is 0 Å². The van der Waals surface area contributed by atoms with Crippen LogP contribution in [-0.4, -0.2) is 28.3 Å². The van der Waals surface area contributed by atoms with Gasteiger partial charge in [0.05, 0.1) is 17.6 Å². The lowest BCUT2D eigenvalue weighted by atomic mass is 10.3. The number of hydrogen-bond acceptors (Lipinski definition) is 3. The van der Waals surface area contributed by atoms with Crippen LogP contribution in [-0.2, 0) is 6.42 Å². The van der Waals surface area contributed by atoms with E-state index in [-0.39, 0.29) is 6.61 Å². The van der Waals surface area contributed by atoms with Crippen LogP contribution in [0.15, 0.2) is 18.2 Å². The van der Waals surface area contributed by atoms with Crippen molar-refractivity contribution in [1.82, 2.24) is 9.97 Å². The van der Waals surface area contributed by atoms with Gasteiger partial charge >= 0.3 is 0 Å². The van der Waals surface area contributed by atoms with E-state index in [0.29, 0.717) is 13.0 Å². The minimum absolute atomic E-state index is 0.160. The number of H-pyrrole nitrogens is 1. The average molecular weight is 234 g/mol. The first kappa shape index (κ1) is 11.9. The lowest BCUT2D eigenvalue weighted by molar-refractivity contribution is 0.233. The van der Waals surface area contributed by atoms with Crippen molar-refractivity contribution < 1.29 is 9.84 Å². The highest BCUT2D eigenvalue weighted by atomic mass is 16.5. The lowest BCUT2D eigenvalue weighted by Gasteiger charge is -2.03. The van der Waals surface area contributed by atoms with Gasteiger partial charge in [-0.3, -0.25) is 0 Å². The Morgan fingerprint density at radius 1 is 1.41 bits per heavy atom. The molecule has 2 N–H and O–H groups in total. The second-order valence-corrected chi connectivity index (χ2v) is 4.04. The molecule has 0 unspecified atom stereocenters. The van der Waals surface area contributed by atoms with Gasteiger partial charge in [0.1, 0.15) is 11.6 Å². The molecule has 1 heterocycles. The Morgan fingerprint density at radius 2 is 2.29 bits per heavy atom. The summed E-state index contributed by atoms with van der Waals surface area (Å²) in [5.41, 5.74) is 1.98. The molecule has 1 aromatic heterocycles. The SMILES string of the molecule is CCCc1nc2ccc(OCCCO)cc2[nH]1. The van der Waals surface area contributed by atoms with E-state index in [4.69, 9.17) is 9.84 Å². The van der Waals surface area contributed by atoms with E-state index in [2.05, 4.69) is 16.9 Å². The van der Waals surface area contributed by atoms with Crippen molar-refractivity contribution in [3.63, 3.8) is 0 Å². The van der Waals surface area contributed by atoms with Gasteiger partial charge in [-0.05, 0) is 18.6 Å². The number of aromatic amines is 1. The van der Waals surface area contributed by atoms with Crippen molar-refractivity contribution in [3.8, 4) is 5.75 Å². The Labute approximate surface area is 101 Å². The van der Waals surface area contributed by atoms with Gasteiger partial charge in [-0.2, -0.15) is 0 Å². The summed E-state index contributed by atoms with van der Waals surface area (Å²) in [7, 11) is 0. The van der Waals surface area contributed by atoms with Crippen molar-refractivity contribution in [2.45, 2.75) is 26.2 Å². The second-order valence-electron chi connectivity index (χ2n) is 4.04. The predicted molar refractivity (Wildman–Crippen MR) is 67.3 cm³/mol. The zero-order valence-electron chi connectivity index (χ0n) is 10.1. The van der Waals surface area contributed by atoms with Crippen LogP contribution in [0, 0.1) is 0 Å². The van der Waals surface area contributed by atoms with Crippen molar-refractivity contribution in [2.75, 3.05) is 13.2 Å². The van der Waals surface area contributed by atoms with Gasteiger partial charge in [-0.15, -0.1) is 0 Å². The van der Waals surface area contributed by atoms with Gasteiger partial charge in [0.25, 0.3) is 0 Å². The van der Waals surface area contributed by atoms with Crippen molar-refractivity contribution in [2.24, 2.45) is 0 Å². The van der Waals surface area contributed by atoms with Crippen molar-refractivity contribution in [3.05, 3.63) is 24.0 Å². The molecule has 0 atom stereocenters. The van der Waals surface area contributed by atoms with E-state index in [1.165, 1.54) is 0 Å². The Bertz CT molecular complexity index is 479. The molecule has 0 fully saturated rings. The summed E-state index contributed by atoms with van der Waals surface area (Å²) in [5, 5.41) is 8.68. The maximum atomic E-state index is 8.68. The minimum Gasteiger partial charge on any atom is -0.493 e. The van der Waals surface area contributed by atoms with Crippen LogP contribution >= 0.6 is 0 Å². The van der Waals surface area contributed by atoms with E-state index in [9.17, 15) is 0 Å². The molecule has 4 heteroatoms. The highest BCUT2D eigenvalue weighted by Crippen LogP contribution is 2.19. The van der Waals surface area contributed by atoms with Crippen LogP contribution in [0.3, 0.4) is 0 Å². The molecule has 0 aliphatic carbocycles. The number of fused-ring (bicyclic) bond motifs is 1. The highest BCUT2D eigenvalue weighted by Gasteiger charge is 2.03. The number of aromatic nitrogens is 2. The summed E-state index contributed by atoms with van der Waals surface area (Å²) >= 11 is 0. The van der Waals surface area contributed by atoms with Crippen LogP contribution in [0.25, 0.3) is 11.0 Å². The molecule has 0 saturated heterocycles. The Balaban J connectivity index is 2.12. The first-order chi connectivity index (χ1) is 8.33. The fraction of sp³-hybridized carbons (Fsp3) is 0.462. The number of benzene rings is 1. The zero-order valence-corrected chi connectivity index (χ0v) is 10.1. The number of nitrogens with zero attached hydrogens (tertiary/aromatic N) is 1. The first-order valence-electron chi connectivity index (χ1n) is 6.05. The molecule has 17 heavy (non-hydrogen) atoms. The highest BCUT2D eigenvalue weighted by molar-refractivity contribution is 5.76. The third-order valence-corrected chi connectivity index (χ3v) is 2.56. The largest absolute Gasteiger partial charge is 0.493 e. The summed E-state index contributed by atoms with van der Waals surface area (Å²) < 4.78 is 5.52. The molecule has 0 aliphatic rings. The monoisotopic (exact) mass is 234 g/mol. The molecule has 0 spiro atoms. The molecule has 1 aromatic carbocycles. The number of aliphatic hydroxyl groups excluding tert-OH is 1. The molecule has 0 bridgehead atoms. The van der Waals surface area contributed by atoms with Crippen LogP contribution < -0.4 is 4.74 Å². The summed E-state index contributed by atoms with van der Waals surface area (Å²) in [5.74, 6) is 1.84. The Morgan fingerprint density at radius 3 is 3.06 bits per heavy atom. The summed E-state index contributed by atoms with van der Waals surface area (Å²) in [4.78, 5) is 7.78. The van der Waals surface area contributed by atoms with Crippen LogP contribution in [0.4, 0.5) is 0 Å². The van der Waals surface area contributed by atoms with Gasteiger partial charge in [-0.25, -0.2) is 4.98 Å². The maximum absolute atomic E-state index is 8.68. The standard InChI is InChI=1S/C13H18N2O2/c1-2-4-13-14-11-6-5-10(9-12(11)15-13)17-8-3-7-16/h5-6,9,16H,2-4,7-8H2,1H3,(H,14,15). The number of imidazole rings is 1. The van der Waals surface area contributed by atoms with Crippen LogP contribution in [0.2, 0.25) is 0 Å². The Kier molecular flexibility index (Phi) is 3.98. The van der Waals surface area contributed by atoms with E-state index in [1.807, 2.05) is 18.2 Å². The minimum atomic E-state index is 0.160. The predicted octanol–water partition coefficient (Wildman–Crippen LogP) is 2.28. The average Bonchev–Trinajstić information content (AvgIpc) is 2.71. The number of aryl methyl sites for hydroxylation is 1. The van der Waals surface area contributed by atoms with E-state index in [1.54, 1.807) is 0 Å². The number of ether oxygens (including phenoxy) is 1. The number of aliphatic hydroxyl groups is 1. The number of rotatable bonds is 6. The molecule has 2 rings (SSSR count). The summed E-state index contributed by atoms with van der Waals surface area (Å²) in [6.45, 7) is 2.83. The summed E-state index contributed by atoms with van der Waals surface area (Å²) in [6.07, 6.45) is 2.71. The fourth-order valence-corrected chi connectivity index (χ4v) is 1.74. The normalized spacial score (nSPS) is 10.9. The maximum Gasteiger partial charge on any atom is 0.121 e. The first-order valence-corrected chi connectivity index (χ1v) is 6.05. The fourth-order valence-electron chi connectivity index (χ4n) is 1.74. The number of hydrogen-bond donors (Lipinski definition) is 2. The van der Waals surface area contributed by atoms with Gasteiger partial charge in [0, 0.05) is 25.5 Å². The quantitative estimate of drug-likeness (QED) is 0.754. The van der Waals surface area contributed by atoms with Crippen molar-refractivity contribution >= 4 is 11.0 Å². The van der Waals surface area contributed by atoms with Crippen LogP contribution in [0.1, 0.15) is 25.6 Å². The third kappa shape index (κ3) is 2.97. The molecule has 4 nitrogen and oxygen atoms in total. The van der Waals surface area contributed by atoms with Crippen LogP contribution in [0.5, 0.6) is 5.75 Å². The van der Waals surface area contributed by atoms with Gasteiger partial charge in [0.2, 0.25) is 0 Å². The molecule has 0 saturated carbocycles. The molecule has 92 valence electrons. The van der Waals surface area contributed by atoms with E-state index < -0.39 is 0 Å².